The highest BCUT2D eigenvalue weighted by molar-refractivity contribution is 7.07. The van der Waals surface area contributed by atoms with E-state index in [4.69, 9.17) is 0 Å². The molecule has 2 atom stereocenters. The van der Waals surface area contributed by atoms with E-state index >= 15 is 0 Å². The van der Waals surface area contributed by atoms with Crippen LogP contribution in [-0.2, 0) is 16.1 Å². The number of nitrogens with zero attached hydrogens (tertiary/aromatic N) is 1. The molecule has 0 bridgehead atoms. The van der Waals surface area contributed by atoms with Gasteiger partial charge in [-0.2, -0.15) is 0 Å². The zero-order chi connectivity index (χ0) is 15.6. The van der Waals surface area contributed by atoms with E-state index < -0.39 is 12.1 Å². The third-order valence-electron chi connectivity index (χ3n) is 3.58. The van der Waals surface area contributed by atoms with Gasteiger partial charge in [-0.05, 0) is 18.8 Å². The highest BCUT2D eigenvalue weighted by atomic mass is 32.1. The fourth-order valence-electron chi connectivity index (χ4n) is 2.62. The quantitative estimate of drug-likeness (QED) is 0.854. The summed E-state index contributed by atoms with van der Waals surface area (Å²) < 4.78 is 0. The van der Waals surface area contributed by atoms with Crippen molar-refractivity contribution in [1.82, 2.24) is 15.2 Å². The zero-order valence-corrected chi connectivity index (χ0v) is 13.3. The van der Waals surface area contributed by atoms with E-state index in [1.165, 1.54) is 0 Å². The number of aromatic amines is 1. The van der Waals surface area contributed by atoms with Crippen LogP contribution in [0.2, 0.25) is 0 Å². The fourth-order valence-corrected chi connectivity index (χ4v) is 3.20. The van der Waals surface area contributed by atoms with Crippen molar-refractivity contribution in [3.8, 4) is 0 Å². The van der Waals surface area contributed by atoms with E-state index in [0.29, 0.717) is 24.5 Å². The Labute approximate surface area is 127 Å². The molecule has 2 unspecified atom stereocenters. The van der Waals surface area contributed by atoms with Gasteiger partial charge in [-0.1, -0.05) is 32.1 Å². The van der Waals surface area contributed by atoms with Gasteiger partial charge in [0, 0.05) is 11.1 Å². The summed E-state index contributed by atoms with van der Waals surface area (Å²) in [5.41, 5.74) is 0.676. The summed E-state index contributed by atoms with van der Waals surface area (Å²) in [6.45, 7) is 6.19. The van der Waals surface area contributed by atoms with Crippen molar-refractivity contribution in [3.05, 3.63) is 20.7 Å². The summed E-state index contributed by atoms with van der Waals surface area (Å²) >= 11 is 1.07. The minimum absolute atomic E-state index is 0.0674. The molecule has 0 aliphatic carbocycles. The summed E-state index contributed by atoms with van der Waals surface area (Å²) in [7, 11) is 0. The first-order chi connectivity index (χ1) is 9.92. The second kappa shape index (κ2) is 6.43. The molecule has 7 heteroatoms. The molecule has 116 valence electrons. The van der Waals surface area contributed by atoms with Crippen molar-refractivity contribution >= 4 is 23.2 Å². The average Bonchev–Trinajstić information content (AvgIpc) is 2.80. The lowest BCUT2D eigenvalue weighted by molar-refractivity contribution is -0.150. The Morgan fingerprint density at radius 1 is 1.33 bits per heavy atom. The SMILES string of the molecule is CCC1C(=O)NC(CC(C)C)C(=O)N1Cc1csc(=O)[nH]1. The Bertz CT molecular complexity index is 578. The van der Waals surface area contributed by atoms with Crippen LogP contribution in [0.4, 0.5) is 0 Å². The topological polar surface area (TPSA) is 82.3 Å². The number of hydrogen-bond donors (Lipinski definition) is 2. The number of hydrogen-bond acceptors (Lipinski definition) is 4. The van der Waals surface area contributed by atoms with Gasteiger partial charge in [0.05, 0.1) is 6.54 Å². The molecular formula is C14H21N3O3S. The molecule has 1 saturated heterocycles. The molecule has 0 radical (unpaired) electrons. The van der Waals surface area contributed by atoms with E-state index in [-0.39, 0.29) is 23.2 Å². The van der Waals surface area contributed by atoms with Crippen LogP contribution in [-0.4, -0.2) is 33.8 Å². The third kappa shape index (κ3) is 3.53. The van der Waals surface area contributed by atoms with Gasteiger partial charge in [0.2, 0.25) is 11.8 Å². The van der Waals surface area contributed by atoms with Crippen LogP contribution in [0.5, 0.6) is 0 Å². The van der Waals surface area contributed by atoms with E-state index in [0.717, 1.165) is 11.3 Å². The maximum atomic E-state index is 12.6. The molecule has 2 amide bonds. The van der Waals surface area contributed by atoms with Gasteiger partial charge in [-0.25, -0.2) is 0 Å². The second-order valence-corrected chi connectivity index (χ2v) is 6.60. The van der Waals surface area contributed by atoms with Crippen LogP contribution in [0.3, 0.4) is 0 Å². The first-order valence-corrected chi connectivity index (χ1v) is 8.07. The van der Waals surface area contributed by atoms with Crippen molar-refractivity contribution in [2.75, 3.05) is 0 Å². The number of carbonyl (C=O) groups excluding carboxylic acids is 2. The highest BCUT2D eigenvalue weighted by Crippen LogP contribution is 2.19. The number of carbonyl (C=O) groups is 2. The lowest BCUT2D eigenvalue weighted by atomic mass is 9.97. The Morgan fingerprint density at radius 3 is 2.57 bits per heavy atom. The first kappa shape index (κ1) is 15.8. The number of aromatic nitrogens is 1. The maximum Gasteiger partial charge on any atom is 0.304 e. The standard InChI is InChI=1S/C14H21N3O3S/c1-4-11-12(18)16-10(5-8(2)3)13(19)17(11)6-9-7-21-14(20)15-9/h7-8,10-11H,4-6H2,1-3H3,(H,15,20)(H,16,18). The average molecular weight is 311 g/mol. The molecule has 6 nitrogen and oxygen atoms in total. The Kier molecular flexibility index (Phi) is 4.82. The van der Waals surface area contributed by atoms with Crippen LogP contribution in [0, 0.1) is 5.92 Å². The summed E-state index contributed by atoms with van der Waals surface area (Å²) in [6, 6.07) is -0.935. The molecule has 2 heterocycles. The van der Waals surface area contributed by atoms with Crippen molar-refractivity contribution in [2.45, 2.75) is 52.2 Å². The minimum Gasteiger partial charge on any atom is -0.342 e. The molecule has 2 N–H and O–H groups in total. The molecule has 21 heavy (non-hydrogen) atoms. The predicted molar refractivity (Wildman–Crippen MR) is 81.0 cm³/mol. The Balaban J connectivity index is 2.21. The molecule has 1 aromatic heterocycles. The number of nitrogens with one attached hydrogen (secondary N) is 2. The van der Waals surface area contributed by atoms with E-state index in [9.17, 15) is 14.4 Å². The van der Waals surface area contributed by atoms with Gasteiger partial charge < -0.3 is 15.2 Å². The van der Waals surface area contributed by atoms with Crippen LogP contribution in [0.1, 0.15) is 39.3 Å². The lowest BCUT2D eigenvalue weighted by Gasteiger charge is -2.39. The maximum absolute atomic E-state index is 12.6. The summed E-state index contributed by atoms with van der Waals surface area (Å²) in [6.07, 6.45) is 1.18. The van der Waals surface area contributed by atoms with E-state index in [1.807, 2.05) is 20.8 Å². The summed E-state index contributed by atoms with van der Waals surface area (Å²) in [4.78, 5) is 40.2. The smallest absolute Gasteiger partial charge is 0.304 e. The molecule has 2 rings (SSSR count). The molecule has 1 aliphatic heterocycles. The van der Waals surface area contributed by atoms with Gasteiger partial charge in [0.15, 0.2) is 0 Å². The molecular weight excluding hydrogens is 290 g/mol. The first-order valence-electron chi connectivity index (χ1n) is 7.20. The summed E-state index contributed by atoms with van der Waals surface area (Å²) in [5, 5.41) is 4.52. The zero-order valence-electron chi connectivity index (χ0n) is 12.5. The van der Waals surface area contributed by atoms with Crippen LogP contribution >= 0.6 is 11.3 Å². The monoisotopic (exact) mass is 311 g/mol. The van der Waals surface area contributed by atoms with E-state index in [1.54, 1.807) is 10.3 Å². The van der Waals surface area contributed by atoms with Gasteiger partial charge >= 0.3 is 4.87 Å². The molecule has 1 aliphatic rings. The molecule has 0 spiro atoms. The number of piperazine rings is 1. The fraction of sp³-hybridized carbons (Fsp3) is 0.643. The van der Waals surface area contributed by atoms with Crippen molar-refractivity contribution < 1.29 is 9.59 Å². The van der Waals surface area contributed by atoms with Crippen LogP contribution in [0.25, 0.3) is 0 Å². The van der Waals surface area contributed by atoms with Gasteiger partial charge in [0.1, 0.15) is 12.1 Å². The Morgan fingerprint density at radius 2 is 2.05 bits per heavy atom. The largest absolute Gasteiger partial charge is 0.342 e. The van der Waals surface area contributed by atoms with Crippen molar-refractivity contribution in [3.63, 3.8) is 0 Å². The molecule has 1 fully saturated rings. The predicted octanol–water partition coefficient (Wildman–Crippen LogP) is 1.09. The Hall–Kier alpha value is -1.63. The number of thiazole rings is 1. The second-order valence-electron chi connectivity index (χ2n) is 5.75. The number of rotatable bonds is 5. The normalized spacial score (nSPS) is 22.8. The van der Waals surface area contributed by atoms with Gasteiger partial charge in [-0.3, -0.25) is 14.4 Å². The van der Waals surface area contributed by atoms with Crippen LogP contribution in [0.15, 0.2) is 10.2 Å². The molecule has 0 saturated carbocycles. The lowest BCUT2D eigenvalue weighted by Crippen LogP contribution is -2.63. The number of amides is 2. The molecule has 1 aromatic rings. The summed E-state index contributed by atoms with van der Waals surface area (Å²) in [5.74, 6) is 0.141. The van der Waals surface area contributed by atoms with Gasteiger partial charge in [-0.15, -0.1) is 0 Å². The van der Waals surface area contributed by atoms with Crippen molar-refractivity contribution in [2.24, 2.45) is 5.92 Å². The highest BCUT2D eigenvalue weighted by Gasteiger charge is 2.39. The minimum atomic E-state index is -0.468. The third-order valence-corrected chi connectivity index (χ3v) is 4.30. The van der Waals surface area contributed by atoms with Crippen LogP contribution < -0.4 is 10.2 Å². The number of H-pyrrole nitrogens is 1. The van der Waals surface area contributed by atoms with E-state index in [2.05, 4.69) is 10.3 Å². The van der Waals surface area contributed by atoms with Crippen molar-refractivity contribution in [1.29, 1.82) is 0 Å². The van der Waals surface area contributed by atoms with Gasteiger partial charge in [0.25, 0.3) is 0 Å². The molecule has 0 aromatic carbocycles.